The molecule has 1 aliphatic rings. The van der Waals surface area contributed by atoms with Gasteiger partial charge in [-0.3, -0.25) is 0 Å². The van der Waals surface area contributed by atoms with Crippen LogP contribution < -0.4 is 0 Å². The van der Waals surface area contributed by atoms with E-state index < -0.39 is 34.3 Å². The minimum atomic E-state index is -5.04. The third-order valence-electron chi connectivity index (χ3n) is 1.46. The molecule has 0 atom stereocenters. The zero-order chi connectivity index (χ0) is 11.3. The Bertz CT molecular complexity index is 276. The van der Waals surface area contributed by atoms with E-state index in [0.717, 1.165) is 0 Å². The summed E-state index contributed by atoms with van der Waals surface area (Å²) in [6.07, 6.45) is -4.97. The number of nitrogens with zero attached hydrogens (tertiary/aromatic N) is 2. The molecule has 1 aliphatic heterocycles. The lowest BCUT2D eigenvalue weighted by Gasteiger charge is -2.51. The van der Waals surface area contributed by atoms with Crippen molar-refractivity contribution in [2.45, 2.75) is 12.1 Å². The third kappa shape index (κ3) is 0.900. The smallest absolute Gasteiger partial charge is 0.433 e. The number of hydrogen-bond donors (Lipinski definition) is 2. The number of amides is 2. The fraction of sp³-hybridized carbons (Fsp3) is 0.500. The number of rotatable bonds is 0. The van der Waals surface area contributed by atoms with Gasteiger partial charge in [0.2, 0.25) is 0 Å². The predicted octanol–water partition coefficient (Wildman–Crippen LogP) is 1.06. The summed E-state index contributed by atoms with van der Waals surface area (Å²) < 4.78 is 49.3. The van der Waals surface area contributed by atoms with Crippen molar-refractivity contribution in [3.05, 3.63) is 0 Å². The molecule has 0 unspecified atom stereocenters. The Kier molecular flexibility index (Phi) is 1.77. The lowest BCUT2D eigenvalue weighted by atomic mass is 10.3. The summed E-state index contributed by atoms with van der Waals surface area (Å²) in [6.45, 7) is 0. The molecule has 0 bridgehead atoms. The van der Waals surface area contributed by atoms with E-state index in [9.17, 15) is 27.2 Å². The summed E-state index contributed by atoms with van der Waals surface area (Å²) in [5.74, 6) is 0. The third-order valence-corrected chi connectivity index (χ3v) is 1.46. The lowest BCUT2D eigenvalue weighted by Crippen LogP contribution is -2.82. The zero-order valence-electron chi connectivity index (χ0n) is 6.12. The van der Waals surface area contributed by atoms with Crippen LogP contribution in [0.1, 0.15) is 0 Å². The van der Waals surface area contributed by atoms with Gasteiger partial charge in [-0.15, -0.1) is 10.0 Å². The van der Waals surface area contributed by atoms with Crippen molar-refractivity contribution in [3.63, 3.8) is 0 Å². The van der Waals surface area contributed by atoms with E-state index in [1.54, 1.807) is 0 Å². The lowest BCUT2D eigenvalue weighted by molar-refractivity contribution is -0.470. The van der Waals surface area contributed by atoms with Crippen LogP contribution in [0.4, 0.5) is 27.2 Å². The molecule has 0 aliphatic carbocycles. The van der Waals surface area contributed by atoms with Gasteiger partial charge in [0.1, 0.15) is 0 Å². The average molecular weight is 218 g/mol. The SMILES string of the molecule is O=C(O)N1N(C(=O)O)C(F)(F)C1(F)F. The molecular formula is C4H2F4N2O4. The Balaban J connectivity index is 3.08. The van der Waals surface area contributed by atoms with Gasteiger partial charge >= 0.3 is 24.3 Å². The van der Waals surface area contributed by atoms with Crippen LogP contribution >= 0.6 is 0 Å². The predicted molar refractivity (Wildman–Crippen MR) is 29.6 cm³/mol. The van der Waals surface area contributed by atoms with Crippen LogP contribution in [0.2, 0.25) is 0 Å². The minimum Gasteiger partial charge on any atom is -0.464 e. The fourth-order valence-electron chi connectivity index (χ4n) is 0.873. The van der Waals surface area contributed by atoms with Crippen molar-refractivity contribution in [3.8, 4) is 0 Å². The zero-order valence-corrected chi connectivity index (χ0v) is 6.12. The summed E-state index contributed by atoms with van der Waals surface area (Å²) >= 11 is 0. The van der Waals surface area contributed by atoms with Crippen LogP contribution in [0, 0.1) is 0 Å². The van der Waals surface area contributed by atoms with E-state index in [4.69, 9.17) is 10.2 Å². The van der Waals surface area contributed by atoms with E-state index in [1.807, 2.05) is 0 Å². The summed E-state index contributed by atoms with van der Waals surface area (Å²) in [5.41, 5.74) is 0. The average Bonchev–Trinajstić information content (AvgIpc) is 1.97. The molecule has 14 heavy (non-hydrogen) atoms. The second kappa shape index (κ2) is 2.39. The molecule has 10 heteroatoms. The molecule has 0 aromatic rings. The fourth-order valence-corrected chi connectivity index (χ4v) is 0.873. The van der Waals surface area contributed by atoms with Crippen LogP contribution in [0.15, 0.2) is 0 Å². The molecular weight excluding hydrogens is 216 g/mol. The van der Waals surface area contributed by atoms with E-state index >= 15 is 0 Å². The molecule has 0 spiro atoms. The van der Waals surface area contributed by atoms with Gasteiger partial charge in [0, 0.05) is 0 Å². The summed E-state index contributed by atoms with van der Waals surface area (Å²) in [4.78, 5) is 20.0. The highest BCUT2D eigenvalue weighted by Gasteiger charge is 2.81. The molecule has 6 nitrogen and oxygen atoms in total. The molecule has 1 fully saturated rings. The van der Waals surface area contributed by atoms with Gasteiger partial charge in [0.15, 0.2) is 0 Å². The van der Waals surface area contributed by atoms with E-state index in [0.29, 0.717) is 0 Å². The van der Waals surface area contributed by atoms with Crippen LogP contribution in [-0.2, 0) is 0 Å². The Morgan fingerprint density at radius 1 is 0.857 bits per heavy atom. The van der Waals surface area contributed by atoms with Crippen LogP contribution in [-0.4, -0.2) is 44.5 Å². The van der Waals surface area contributed by atoms with Crippen LogP contribution in [0.5, 0.6) is 0 Å². The molecule has 0 radical (unpaired) electrons. The number of hydrazine groups is 1. The summed E-state index contributed by atoms with van der Waals surface area (Å²) in [5, 5.41) is 13.5. The highest BCUT2D eigenvalue weighted by Crippen LogP contribution is 2.50. The quantitative estimate of drug-likeness (QED) is 0.470. The Morgan fingerprint density at radius 2 is 1.07 bits per heavy atom. The molecule has 1 rings (SSSR count). The van der Waals surface area contributed by atoms with Crippen molar-refractivity contribution in [1.82, 2.24) is 10.0 Å². The molecule has 2 N–H and O–H groups in total. The Labute approximate surface area is 72.9 Å². The molecule has 0 aromatic carbocycles. The van der Waals surface area contributed by atoms with Crippen LogP contribution in [0.25, 0.3) is 0 Å². The van der Waals surface area contributed by atoms with Crippen molar-refractivity contribution in [1.29, 1.82) is 0 Å². The van der Waals surface area contributed by atoms with Gasteiger partial charge in [0.25, 0.3) is 0 Å². The second-order valence-corrected chi connectivity index (χ2v) is 2.27. The van der Waals surface area contributed by atoms with Gasteiger partial charge in [0.05, 0.1) is 0 Å². The standard InChI is InChI=1S/C4H2F4N2O4/c5-3(6)4(7,8)10(2(13)14)9(3)1(11)12/h(H,11,12)(H,13,14). The highest BCUT2D eigenvalue weighted by atomic mass is 19.3. The largest absolute Gasteiger partial charge is 0.464 e. The maximum absolute atomic E-state index is 12.3. The molecule has 1 saturated heterocycles. The Morgan fingerprint density at radius 3 is 1.21 bits per heavy atom. The maximum Gasteiger partial charge on any atom is 0.433 e. The Hall–Kier alpha value is -1.74. The van der Waals surface area contributed by atoms with Crippen molar-refractivity contribution < 1.29 is 37.4 Å². The highest BCUT2D eigenvalue weighted by molar-refractivity contribution is 5.75. The van der Waals surface area contributed by atoms with Gasteiger partial charge in [-0.05, 0) is 0 Å². The monoisotopic (exact) mass is 218 g/mol. The number of halogens is 4. The summed E-state index contributed by atoms with van der Waals surface area (Å²) in [7, 11) is 0. The molecule has 2 amide bonds. The first-order valence-corrected chi connectivity index (χ1v) is 2.96. The second-order valence-electron chi connectivity index (χ2n) is 2.27. The first-order chi connectivity index (χ1) is 6.14. The van der Waals surface area contributed by atoms with Crippen molar-refractivity contribution >= 4 is 12.2 Å². The van der Waals surface area contributed by atoms with Gasteiger partial charge < -0.3 is 10.2 Å². The van der Waals surface area contributed by atoms with Gasteiger partial charge in [-0.25, -0.2) is 9.59 Å². The number of alkyl halides is 4. The van der Waals surface area contributed by atoms with E-state index in [1.165, 1.54) is 0 Å². The molecule has 1 heterocycles. The minimum absolute atomic E-state index is 1.25. The van der Waals surface area contributed by atoms with Gasteiger partial charge in [-0.1, -0.05) is 0 Å². The number of carboxylic acid groups (broad SMARTS) is 2. The van der Waals surface area contributed by atoms with Crippen LogP contribution in [0.3, 0.4) is 0 Å². The first-order valence-electron chi connectivity index (χ1n) is 2.96. The topological polar surface area (TPSA) is 81.1 Å². The summed E-state index contributed by atoms with van der Waals surface area (Å²) in [6, 6.07) is -10.1. The van der Waals surface area contributed by atoms with E-state index in [2.05, 4.69) is 0 Å². The molecule has 0 aromatic heterocycles. The first kappa shape index (κ1) is 10.3. The number of carbonyl (C=O) groups is 2. The molecule has 0 saturated carbocycles. The van der Waals surface area contributed by atoms with Gasteiger partial charge in [-0.2, -0.15) is 17.6 Å². The number of hydrogen-bond acceptors (Lipinski definition) is 2. The van der Waals surface area contributed by atoms with E-state index in [-0.39, 0.29) is 0 Å². The maximum atomic E-state index is 12.3. The normalized spacial score (nSPS) is 22.9. The van der Waals surface area contributed by atoms with Crippen molar-refractivity contribution in [2.75, 3.05) is 0 Å². The molecule has 80 valence electrons. The van der Waals surface area contributed by atoms with Crippen molar-refractivity contribution in [2.24, 2.45) is 0 Å².